The van der Waals surface area contributed by atoms with Crippen LogP contribution in [0.2, 0.25) is 0 Å². The Morgan fingerprint density at radius 1 is 1.50 bits per heavy atom. The smallest absolute Gasteiger partial charge is 0.306 e. The minimum Gasteiger partial charge on any atom is -0.481 e. The van der Waals surface area contributed by atoms with E-state index >= 15 is 0 Å². The van der Waals surface area contributed by atoms with Crippen LogP contribution in [-0.4, -0.2) is 23.3 Å². The minimum atomic E-state index is -1.28. The van der Waals surface area contributed by atoms with Gasteiger partial charge in [0.25, 0.3) is 0 Å². The Hall–Kier alpha value is -1.36. The lowest BCUT2D eigenvalue weighted by Gasteiger charge is -2.32. The van der Waals surface area contributed by atoms with Crippen molar-refractivity contribution in [1.29, 1.82) is 0 Å². The average Bonchev–Trinajstić information content (AvgIpc) is 2.68. The number of aryl methyl sites for hydroxylation is 2. The van der Waals surface area contributed by atoms with Gasteiger partial charge in [0.15, 0.2) is 0 Å². The Balaban J connectivity index is 1.79. The standard InChI is InChI=1S/C15H22FNO3/c1-10-7-13(11(2)20-10)8-17-9-15(16)5-3-12(4-6-15)14(18)19/h7,12,17H,3-6,8-9H2,1-2H3,(H,18,19). The second-order valence-electron chi connectivity index (χ2n) is 5.81. The van der Waals surface area contributed by atoms with Crippen molar-refractivity contribution in [3.05, 3.63) is 23.2 Å². The number of rotatable bonds is 5. The summed E-state index contributed by atoms with van der Waals surface area (Å²) in [6, 6.07) is 1.95. The SMILES string of the molecule is Cc1cc(CNCC2(F)CCC(C(=O)O)CC2)c(C)o1. The summed E-state index contributed by atoms with van der Waals surface area (Å²) in [7, 11) is 0. The lowest BCUT2D eigenvalue weighted by Crippen LogP contribution is -2.40. The summed E-state index contributed by atoms with van der Waals surface area (Å²) in [5, 5.41) is 12.0. The van der Waals surface area contributed by atoms with Crippen LogP contribution in [0.4, 0.5) is 4.39 Å². The monoisotopic (exact) mass is 283 g/mol. The van der Waals surface area contributed by atoms with E-state index in [4.69, 9.17) is 9.52 Å². The highest BCUT2D eigenvalue weighted by Crippen LogP contribution is 2.34. The van der Waals surface area contributed by atoms with Gasteiger partial charge in [0.05, 0.1) is 5.92 Å². The molecule has 1 aromatic heterocycles. The maximum atomic E-state index is 14.5. The molecule has 5 heteroatoms. The molecule has 0 aliphatic heterocycles. The molecule has 1 aliphatic rings. The third-order valence-corrected chi connectivity index (χ3v) is 4.13. The molecule has 1 saturated carbocycles. The second-order valence-corrected chi connectivity index (χ2v) is 5.81. The van der Waals surface area contributed by atoms with Crippen molar-refractivity contribution >= 4 is 5.97 Å². The highest BCUT2D eigenvalue weighted by Gasteiger charge is 2.37. The lowest BCUT2D eigenvalue weighted by atomic mass is 9.80. The zero-order chi connectivity index (χ0) is 14.8. The van der Waals surface area contributed by atoms with Crippen molar-refractivity contribution in [3.63, 3.8) is 0 Å². The van der Waals surface area contributed by atoms with Crippen LogP contribution in [0.1, 0.15) is 42.8 Å². The first-order chi connectivity index (χ1) is 9.39. The topological polar surface area (TPSA) is 62.5 Å². The largest absolute Gasteiger partial charge is 0.481 e. The van der Waals surface area contributed by atoms with Gasteiger partial charge in [-0.3, -0.25) is 4.79 Å². The Morgan fingerprint density at radius 2 is 2.15 bits per heavy atom. The Kier molecular flexibility index (Phi) is 4.48. The van der Waals surface area contributed by atoms with E-state index in [9.17, 15) is 9.18 Å². The van der Waals surface area contributed by atoms with Crippen LogP contribution in [0.3, 0.4) is 0 Å². The van der Waals surface area contributed by atoms with Crippen molar-refractivity contribution in [1.82, 2.24) is 5.32 Å². The summed E-state index contributed by atoms with van der Waals surface area (Å²) in [6.07, 6.45) is 1.50. The van der Waals surface area contributed by atoms with E-state index in [1.54, 1.807) is 0 Å². The molecule has 0 bridgehead atoms. The maximum absolute atomic E-state index is 14.5. The van der Waals surface area contributed by atoms with Gasteiger partial charge in [0, 0.05) is 18.7 Å². The van der Waals surface area contributed by atoms with Gasteiger partial charge >= 0.3 is 5.97 Å². The number of carbonyl (C=O) groups is 1. The number of hydrogen-bond donors (Lipinski definition) is 2. The molecule has 20 heavy (non-hydrogen) atoms. The van der Waals surface area contributed by atoms with Gasteiger partial charge in [-0.1, -0.05) is 0 Å². The van der Waals surface area contributed by atoms with E-state index in [0.29, 0.717) is 32.2 Å². The van der Waals surface area contributed by atoms with Crippen molar-refractivity contribution in [2.45, 2.75) is 51.7 Å². The highest BCUT2D eigenvalue weighted by atomic mass is 19.1. The summed E-state index contributed by atoms with van der Waals surface area (Å²) < 4.78 is 20.0. The molecule has 1 heterocycles. The maximum Gasteiger partial charge on any atom is 0.306 e. The van der Waals surface area contributed by atoms with Crippen LogP contribution >= 0.6 is 0 Å². The summed E-state index contributed by atoms with van der Waals surface area (Å²) in [4.78, 5) is 10.9. The van der Waals surface area contributed by atoms with Gasteiger partial charge in [-0.25, -0.2) is 4.39 Å². The molecule has 0 amide bonds. The number of carboxylic acid groups (broad SMARTS) is 1. The number of aliphatic carboxylic acids is 1. The molecule has 0 saturated heterocycles. The van der Waals surface area contributed by atoms with Crippen LogP contribution in [0.25, 0.3) is 0 Å². The number of nitrogens with one attached hydrogen (secondary N) is 1. The van der Waals surface area contributed by atoms with E-state index in [2.05, 4.69) is 5.32 Å². The summed E-state index contributed by atoms with van der Waals surface area (Å²) in [5.74, 6) is 0.538. The molecule has 1 fully saturated rings. The van der Waals surface area contributed by atoms with E-state index < -0.39 is 11.6 Å². The third kappa shape index (κ3) is 3.60. The first-order valence-electron chi connectivity index (χ1n) is 7.08. The predicted molar refractivity (Wildman–Crippen MR) is 73.3 cm³/mol. The highest BCUT2D eigenvalue weighted by molar-refractivity contribution is 5.70. The zero-order valence-corrected chi connectivity index (χ0v) is 12.0. The molecule has 0 unspecified atom stereocenters. The normalized spacial score (nSPS) is 26.6. The Labute approximate surface area is 118 Å². The van der Waals surface area contributed by atoms with Crippen molar-refractivity contribution in [2.24, 2.45) is 5.92 Å². The average molecular weight is 283 g/mol. The Bertz CT molecular complexity index is 475. The first kappa shape index (κ1) is 15.0. The molecule has 1 aromatic rings. The van der Waals surface area contributed by atoms with Crippen molar-refractivity contribution in [2.75, 3.05) is 6.54 Å². The third-order valence-electron chi connectivity index (χ3n) is 4.13. The minimum absolute atomic E-state index is 0.267. The van der Waals surface area contributed by atoms with Crippen molar-refractivity contribution < 1.29 is 18.7 Å². The summed E-state index contributed by atoms with van der Waals surface area (Å²) >= 11 is 0. The quantitative estimate of drug-likeness (QED) is 0.872. The molecule has 2 N–H and O–H groups in total. The van der Waals surface area contributed by atoms with Crippen LogP contribution in [-0.2, 0) is 11.3 Å². The van der Waals surface area contributed by atoms with Gasteiger partial charge in [-0.2, -0.15) is 0 Å². The fraction of sp³-hybridized carbons (Fsp3) is 0.667. The summed E-state index contributed by atoms with van der Waals surface area (Å²) in [6.45, 7) is 4.63. The lowest BCUT2D eigenvalue weighted by molar-refractivity contribution is -0.143. The number of hydrogen-bond acceptors (Lipinski definition) is 3. The number of halogens is 1. The zero-order valence-electron chi connectivity index (χ0n) is 12.0. The molecule has 0 atom stereocenters. The molecule has 0 spiro atoms. The van der Waals surface area contributed by atoms with Crippen LogP contribution < -0.4 is 5.32 Å². The second kappa shape index (κ2) is 5.95. The molecule has 112 valence electrons. The number of alkyl halides is 1. The van der Waals surface area contributed by atoms with E-state index in [1.165, 1.54) is 0 Å². The fourth-order valence-corrected chi connectivity index (χ4v) is 2.84. The van der Waals surface area contributed by atoms with Gasteiger partial charge in [-0.05, 0) is 45.6 Å². The molecule has 0 aromatic carbocycles. The number of carboxylic acids is 1. The molecule has 1 aliphatic carbocycles. The van der Waals surface area contributed by atoms with Gasteiger partial charge in [0.2, 0.25) is 0 Å². The molecule has 4 nitrogen and oxygen atoms in total. The van der Waals surface area contributed by atoms with Gasteiger partial charge in [-0.15, -0.1) is 0 Å². The Morgan fingerprint density at radius 3 is 2.65 bits per heavy atom. The summed E-state index contributed by atoms with van der Waals surface area (Å²) in [5.41, 5.74) is -0.233. The van der Waals surface area contributed by atoms with E-state index in [-0.39, 0.29) is 12.5 Å². The fourth-order valence-electron chi connectivity index (χ4n) is 2.84. The number of furan rings is 1. The van der Waals surface area contributed by atoms with Gasteiger partial charge < -0.3 is 14.8 Å². The van der Waals surface area contributed by atoms with Gasteiger partial charge in [0.1, 0.15) is 17.2 Å². The first-order valence-corrected chi connectivity index (χ1v) is 7.08. The van der Waals surface area contributed by atoms with Crippen LogP contribution in [0.15, 0.2) is 10.5 Å². The molecular weight excluding hydrogens is 261 g/mol. The molecule has 2 rings (SSSR count). The van der Waals surface area contributed by atoms with Crippen LogP contribution in [0, 0.1) is 19.8 Å². The molecular formula is C15H22FNO3. The molecule has 0 radical (unpaired) electrons. The van der Waals surface area contributed by atoms with E-state index in [1.807, 2.05) is 19.9 Å². The predicted octanol–water partition coefficient (Wildman–Crippen LogP) is 2.97. The van der Waals surface area contributed by atoms with Crippen LogP contribution in [0.5, 0.6) is 0 Å². The van der Waals surface area contributed by atoms with E-state index in [0.717, 1.165) is 17.1 Å². The van der Waals surface area contributed by atoms with Crippen molar-refractivity contribution in [3.8, 4) is 0 Å².